The van der Waals surface area contributed by atoms with Crippen molar-refractivity contribution in [3.8, 4) is 0 Å². The Kier molecular flexibility index (Phi) is 4.36. The van der Waals surface area contributed by atoms with Crippen molar-refractivity contribution in [3.05, 3.63) is 63.8 Å². The highest BCUT2D eigenvalue weighted by Gasteiger charge is 2.47. The summed E-state index contributed by atoms with van der Waals surface area (Å²) in [4.78, 5) is 14.7. The zero-order valence-electron chi connectivity index (χ0n) is 15.9. The van der Waals surface area contributed by atoms with E-state index in [1.165, 1.54) is 10.7 Å². The predicted octanol–water partition coefficient (Wildman–Crippen LogP) is 2.82. The molecule has 5 nitrogen and oxygen atoms in total. The van der Waals surface area contributed by atoms with E-state index in [2.05, 4.69) is 10.00 Å². The summed E-state index contributed by atoms with van der Waals surface area (Å²) in [6, 6.07) is 10.7. The lowest BCUT2D eigenvalue weighted by Gasteiger charge is -2.43. The summed E-state index contributed by atoms with van der Waals surface area (Å²) < 4.78 is 15.0. The fourth-order valence-corrected chi connectivity index (χ4v) is 5.10. The van der Waals surface area contributed by atoms with Crippen molar-refractivity contribution < 1.29 is 9.50 Å². The van der Waals surface area contributed by atoms with Gasteiger partial charge in [0.15, 0.2) is 0 Å². The van der Waals surface area contributed by atoms with E-state index in [1.54, 1.807) is 18.2 Å². The van der Waals surface area contributed by atoms with Crippen LogP contribution in [0.15, 0.2) is 41.2 Å². The Labute approximate surface area is 163 Å². The van der Waals surface area contributed by atoms with Gasteiger partial charge >= 0.3 is 0 Å². The summed E-state index contributed by atoms with van der Waals surface area (Å²) in [7, 11) is 0. The maximum absolute atomic E-state index is 13.5. The van der Waals surface area contributed by atoms with E-state index in [9.17, 15) is 14.3 Å². The fraction of sp³-hybridized carbons (Fsp3) is 0.545. The number of aromatic nitrogens is 2. The maximum Gasteiger partial charge on any atom is 0.266 e. The van der Waals surface area contributed by atoms with E-state index in [1.807, 2.05) is 12.1 Å². The topological polar surface area (TPSA) is 58.4 Å². The standard InChI is InChI=1S/C22H26FN3O2/c23-17-3-1-2-15(10-17)13-25-18-6-7-19(25)12-22(28,11-18)14-26-21(27)9-8-20(24-26)16-4-5-16/h1-3,8-10,16,18-19,28H,4-7,11-14H2/t18-,19-/m0/s1. The highest BCUT2D eigenvalue weighted by atomic mass is 19.1. The van der Waals surface area contributed by atoms with Gasteiger partial charge in [-0.05, 0) is 62.3 Å². The van der Waals surface area contributed by atoms with E-state index < -0.39 is 5.60 Å². The van der Waals surface area contributed by atoms with Crippen LogP contribution >= 0.6 is 0 Å². The van der Waals surface area contributed by atoms with Crippen LogP contribution in [0.1, 0.15) is 55.7 Å². The van der Waals surface area contributed by atoms with Gasteiger partial charge in [0.25, 0.3) is 5.56 Å². The molecule has 1 aromatic heterocycles. The minimum atomic E-state index is -0.913. The number of hydrogen-bond acceptors (Lipinski definition) is 4. The van der Waals surface area contributed by atoms with Gasteiger partial charge in [0.1, 0.15) is 5.82 Å². The summed E-state index contributed by atoms with van der Waals surface area (Å²) in [5.74, 6) is 0.269. The minimum Gasteiger partial charge on any atom is -0.388 e. The third kappa shape index (κ3) is 3.51. The second-order valence-electron chi connectivity index (χ2n) is 8.85. The molecule has 2 saturated heterocycles. The van der Waals surface area contributed by atoms with Gasteiger partial charge in [0.2, 0.25) is 0 Å². The van der Waals surface area contributed by atoms with Crippen LogP contribution in [0.5, 0.6) is 0 Å². The molecule has 5 rings (SSSR count). The first-order chi connectivity index (χ1) is 13.5. The molecule has 1 aliphatic carbocycles. The number of halogens is 1. The number of hydrogen-bond donors (Lipinski definition) is 1. The highest BCUT2D eigenvalue weighted by Crippen LogP contribution is 2.42. The molecule has 2 aromatic rings. The number of aliphatic hydroxyl groups is 1. The van der Waals surface area contributed by atoms with E-state index >= 15 is 0 Å². The molecule has 1 aromatic carbocycles. The molecule has 1 N–H and O–H groups in total. The first kappa shape index (κ1) is 18.0. The summed E-state index contributed by atoms with van der Waals surface area (Å²) in [6.07, 6.45) is 5.59. The lowest BCUT2D eigenvalue weighted by Crippen LogP contribution is -2.53. The molecule has 2 bridgehead atoms. The van der Waals surface area contributed by atoms with E-state index in [-0.39, 0.29) is 30.0 Å². The molecule has 1 saturated carbocycles. The van der Waals surface area contributed by atoms with Crippen molar-refractivity contribution in [1.29, 1.82) is 0 Å². The SMILES string of the molecule is O=c1ccc(C2CC2)nn1CC1(O)C[C@@H]2CC[C@@H](C1)N2Cc1cccc(F)c1. The summed E-state index contributed by atoms with van der Waals surface area (Å²) in [5, 5.41) is 15.8. The Balaban J connectivity index is 1.32. The molecule has 0 radical (unpaired) electrons. The third-order valence-electron chi connectivity index (χ3n) is 6.58. The Bertz CT molecular complexity index is 925. The van der Waals surface area contributed by atoms with Crippen LogP contribution in [-0.4, -0.2) is 37.5 Å². The van der Waals surface area contributed by atoms with E-state index in [0.29, 0.717) is 25.3 Å². The average Bonchev–Trinajstić information content (AvgIpc) is 3.45. The molecule has 2 aliphatic heterocycles. The van der Waals surface area contributed by atoms with Gasteiger partial charge in [-0.25, -0.2) is 9.07 Å². The zero-order chi connectivity index (χ0) is 19.3. The molecular weight excluding hydrogens is 357 g/mol. The minimum absolute atomic E-state index is 0.146. The summed E-state index contributed by atoms with van der Waals surface area (Å²) >= 11 is 0. The molecule has 0 amide bonds. The Morgan fingerprint density at radius 2 is 1.86 bits per heavy atom. The molecule has 0 spiro atoms. The normalized spacial score (nSPS) is 29.9. The summed E-state index contributed by atoms with van der Waals surface area (Å²) in [6.45, 7) is 0.964. The van der Waals surface area contributed by atoms with Crippen molar-refractivity contribution in [2.24, 2.45) is 0 Å². The molecule has 3 aliphatic rings. The molecule has 6 heteroatoms. The van der Waals surface area contributed by atoms with Crippen LogP contribution < -0.4 is 5.56 Å². The van der Waals surface area contributed by atoms with E-state index in [0.717, 1.165) is 36.9 Å². The molecule has 2 atom stereocenters. The summed E-state index contributed by atoms with van der Waals surface area (Å²) in [5.41, 5.74) is 0.878. The molecule has 28 heavy (non-hydrogen) atoms. The van der Waals surface area contributed by atoms with Gasteiger partial charge < -0.3 is 5.11 Å². The zero-order valence-corrected chi connectivity index (χ0v) is 15.9. The lowest BCUT2D eigenvalue weighted by atomic mass is 9.85. The fourth-order valence-electron chi connectivity index (χ4n) is 5.10. The Hall–Kier alpha value is -2.05. The van der Waals surface area contributed by atoms with Crippen molar-refractivity contribution in [3.63, 3.8) is 0 Å². The second-order valence-corrected chi connectivity index (χ2v) is 8.85. The van der Waals surface area contributed by atoms with Gasteiger partial charge in [-0.3, -0.25) is 9.69 Å². The van der Waals surface area contributed by atoms with Crippen LogP contribution in [-0.2, 0) is 13.1 Å². The molecule has 148 valence electrons. The molecular formula is C22H26FN3O2. The van der Waals surface area contributed by atoms with Crippen LogP contribution in [0.2, 0.25) is 0 Å². The molecule has 0 unspecified atom stereocenters. The molecule has 3 heterocycles. The quantitative estimate of drug-likeness (QED) is 0.863. The molecule has 3 fully saturated rings. The van der Waals surface area contributed by atoms with Crippen LogP contribution in [0.3, 0.4) is 0 Å². The van der Waals surface area contributed by atoms with Crippen molar-refractivity contribution >= 4 is 0 Å². The van der Waals surface area contributed by atoms with Gasteiger partial charge in [-0.15, -0.1) is 0 Å². The maximum atomic E-state index is 13.5. The number of fused-ring (bicyclic) bond motifs is 2. The smallest absolute Gasteiger partial charge is 0.266 e. The van der Waals surface area contributed by atoms with Gasteiger partial charge in [-0.1, -0.05) is 12.1 Å². The number of benzene rings is 1. The first-order valence-corrected chi connectivity index (χ1v) is 10.3. The second kappa shape index (κ2) is 6.78. The monoisotopic (exact) mass is 383 g/mol. The Morgan fingerprint density at radius 3 is 2.54 bits per heavy atom. The van der Waals surface area contributed by atoms with Gasteiger partial charge in [0, 0.05) is 30.6 Å². The van der Waals surface area contributed by atoms with Crippen molar-refractivity contribution in [1.82, 2.24) is 14.7 Å². The number of rotatable bonds is 5. The Morgan fingerprint density at radius 1 is 1.11 bits per heavy atom. The largest absolute Gasteiger partial charge is 0.388 e. The number of piperidine rings is 1. The van der Waals surface area contributed by atoms with Crippen LogP contribution in [0.4, 0.5) is 4.39 Å². The van der Waals surface area contributed by atoms with Gasteiger partial charge in [-0.2, -0.15) is 5.10 Å². The average molecular weight is 383 g/mol. The van der Waals surface area contributed by atoms with Crippen LogP contribution in [0, 0.1) is 5.82 Å². The van der Waals surface area contributed by atoms with Crippen molar-refractivity contribution in [2.45, 2.75) is 75.2 Å². The van der Waals surface area contributed by atoms with Crippen molar-refractivity contribution in [2.75, 3.05) is 0 Å². The predicted molar refractivity (Wildman–Crippen MR) is 103 cm³/mol. The lowest BCUT2D eigenvalue weighted by molar-refractivity contribution is -0.0678. The third-order valence-corrected chi connectivity index (χ3v) is 6.58. The number of nitrogens with zero attached hydrogens (tertiary/aromatic N) is 3. The van der Waals surface area contributed by atoms with Crippen LogP contribution in [0.25, 0.3) is 0 Å². The van der Waals surface area contributed by atoms with Gasteiger partial charge in [0.05, 0.1) is 17.8 Å². The van der Waals surface area contributed by atoms with E-state index in [4.69, 9.17) is 0 Å². The first-order valence-electron chi connectivity index (χ1n) is 10.3. The highest BCUT2D eigenvalue weighted by molar-refractivity contribution is 5.18.